The maximum Gasteiger partial charge on any atom is 0.160 e. The van der Waals surface area contributed by atoms with Crippen molar-refractivity contribution in [2.24, 2.45) is 0 Å². The van der Waals surface area contributed by atoms with Crippen LogP contribution in [-0.4, -0.2) is 6.29 Å². The van der Waals surface area contributed by atoms with E-state index in [0.29, 0.717) is 0 Å². The normalized spacial score (nSPS) is 9.92. The van der Waals surface area contributed by atoms with Gasteiger partial charge in [-0.2, -0.15) is 0 Å². The highest BCUT2D eigenvalue weighted by Gasteiger charge is 2.14. The quantitative estimate of drug-likeness (QED) is 0.599. The van der Waals surface area contributed by atoms with E-state index in [9.17, 15) is 13.6 Å². The molecule has 0 saturated carbocycles. The predicted molar refractivity (Wildman–Crippen MR) is 43.9 cm³/mol. The molecule has 1 rings (SSSR count). The monoisotopic (exact) mass is 235 g/mol. The molecule has 64 valence electrons. The Morgan fingerprint density at radius 1 is 1.50 bits per heavy atom. The first-order valence-electron chi connectivity index (χ1n) is 2.96. The van der Waals surface area contributed by atoms with Crippen LogP contribution in [0.25, 0.3) is 0 Å². The van der Waals surface area contributed by atoms with Crippen LogP contribution >= 0.6 is 15.9 Å². The van der Waals surface area contributed by atoms with Crippen LogP contribution in [0.4, 0.5) is 14.5 Å². The Morgan fingerprint density at radius 2 is 2.08 bits per heavy atom. The van der Waals surface area contributed by atoms with Gasteiger partial charge in [0.2, 0.25) is 0 Å². The average Bonchev–Trinajstić information content (AvgIpc) is 2.01. The summed E-state index contributed by atoms with van der Waals surface area (Å²) in [5, 5.41) is 0. The van der Waals surface area contributed by atoms with Crippen molar-refractivity contribution in [2.45, 2.75) is 0 Å². The summed E-state index contributed by atoms with van der Waals surface area (Å²) in [6.45, 7) is 0. The van der Waals surface area contributed by atoms with E-state index in [1.165, 1.54) is 0 Å². The van der Waals surface area contributed by atoms with Crippen LogP contribution in [0.1, 0.15) is 10.4 Å². The maximum atomic E-state index is 12.9. The van der Waals surface area contributed by atoms with Crippen molar-refractivity contribution in [1.82, 2.24) is 0 Å². The Hall–Kier alpha value is -0.970. The van der Waals surface area contributed by atoms with Crippen molar-refractivity contribution in [1.29, 1.82) is 0 Å². The second-order valence-corrected chi connectivity index (χ2v) is 2.95. The van der Waals surface area contributed by atoms with Gasteiger partial charge in [0, 0.05) is 4.47 Å². The Balaban J connectivity index is 3.51. The van der Waals surface area contributed by atoms with Crippen molar-refractivity contribution in [3.8, 4) is 0 Å². The Bertz CT molecular complexity index is 341. The van der Waals surface area contributed by atoms with Gasteiger partial charge in [-0.1, -0.05) is 0 Å². The van der Waals surface area contributed by atoms with Gasteiger partial charge < -0.3 is 5.73 Å². The van der Waals surface area contributed by atoms with E-state index in [4.69, 9.17) is 5.73 Å². The van der Waals surface area contributed by atoms with E-state index in [1.54, 1.807) is 0 Å². The lowest BCUT2D eigenvalue weighted by Crippen LogP contribution is -2.00. The van der Waals surface area contributed by atoms with Gasteiger partial charge in [-0.3, -0.25) is 4.79 Å². The van der Waals surface area contributed by atoms with Crippen LogP contribution in [0, 0.1) is 11.6 Å². The molecule has 0 aromatic heterocycles. The van der Waals surface area contributed by atoms with Gasteiger partial charge in [-0.05, 0) is 22.0 Å². The third kappa shape index (κ3) is 1.32. The first-order chi connectivity index (χ1) is 5.57. The number of aldehydes is 1. The summed E-state index contributed by atoms with van der Waals surface area (Å²) in [5.74, 6) is -1.96. The molecule has 0 saturated heterocycles. The van der Waals surface area contributed by atoms with Crippen LogP contribution in [0.3, 0.4) is 0 Å². The smallest absolute Gasteiger partial charge is 0.160 e. The number of hydrogen-bond acceptors (Lipinski definition) is 2. The fourth-order valence-electron chi connectivity index (χ4n) is 0.730. The molecule has 1 aromatic carbocycles. The lowest BCUT2D eigenvalue weighted by atomic mass is 10.2. The summed E-state index contributed by atoms with van der Waals surface area (Å²) in [4.78, 5) is 10.2. The Labute approximate surface area is 75.5 Å². The molecule has 0 fully saturated rings. The molecule has 0 atom stereocenters. The standard InChI is InChI=1S/C7H4BrF2NO/c8-4-1-5(9)3(2-12)6(10)7(4)11/h1-2H,11H2. The number of rotatable bonds is 1. The zero-order chi connectivity index (χ0) is 9.30. The second kappa shape index (κ2) is 3.18. The number of hydrogen-bond donors (Lipinski definition) is 1. The van der Waals surface area contributed by atoms with Crippen molar-refractivity contribution >= 4 is 27.9 Å². The predicted octanol–water partition coefficient (Wildman–Crippen LogP) is 2.12. The highest BCUT2D eigenvalue weighted by Crippen LogP contribution is 2.26. The number of benzene rings is 1. The van der Waals surface area contributed by atoms with E-state index in [0.717, 1.165) is 6.07 Å². The van der Waals surface area contributed by atoms with Gasteiger partial charge >= 0.3 is 0 Å². The van der Waals surface area contributed by atoms with E-state index in [2.05, 4.69) is 15.9 Å². The molecule has 0 bridgehead atoms. The number of halogens is 3. The van der Waals surface area contributed by atoms with E-state index < -0.39 is 17.2 Å². The summed E-state index contributed by atoms with van der Waals surface area (Å²) < 4.78 is 25.7. The molecule has 0 unspecified atom stereocenters. The van der Waals surface area contributed by atoms with Gasteiger partial charge in [0.25, 0.3) is 0 Å². The molecule has 0 aliphatic rings. The van der Waals surface area contributed by atoms with Crippen LogP contribution in [0.2, 0.25) is 0 Å². The lowest BCUT2D eigenvalue weighted by molar-refractivity contribution is 0.111. The summed E-state index contributed by atoms with van der Waals surface area (Å²) in [5.41, 5.74) is 4.27. The highest BCUT2D eigenvalue weighted by atomic mass is 79.9. The van der Waals surface area contributed by atoms with Gasteiger partial charge in [-0.15, -0.1) is 0 Å². The summed E-state index contributed by atoms with van der Waals surface area (Å²) in [6, 6.07) is 0.947. The minimum absolute atomic E-state index is 0.0907. The molecule has 2 N–H and O–H groups in total. The third-order valence-electron chi connectivity index (χ3n) is 1.36. The van der Waals surface area contributed by atoms with Gasteiger partial charge in [0.05, 0.1) is 11.3 Å². The Morgan fingerprint density at radius 3 is 2.58 bits per heavy atom. The average molecular weight is 236 g/mol. The first-order valence-corrected chi connectivity index (χ1v) is 3.75. The molecule has 0 amide bonds. The lowest BCUT2D eigenvalue weighted by Gasteiger charge is -2.02. The number of nitrogen functional groups attached to an aromatic ring is 1. The van der Waals surface area contributed by atoms with Crippen molar-refractivity contribution in [3.05, 3.63) is 27.7 Å². The van der Waals surface area contributed by atoms with Gasteiger partial charge in [-0.25, -0.2) is 8.78 Å². The highest BCUT2D eigenvalue weighted by molar-refractivity contribution is 9.10. The molecule has 0 heterocycles. The van der Waals surface area contributed by atoms with Crippen molar-refractivity contribution < 1.29 is 13.6 Å². The summed E-state index contributed by atoms with van der Waals surface area (Å²) >= 11 is 2.84. The van der Waals surface area contributed by atoms with E-state index >= 15 is 0 Å². The number of nitrogens with two attached hydrogens (primary N) is 1. The van der Waals surface area contributed by atoms with Gasteiger partial charge in [0.1, 0.15) is 5.82 Å². The van der Waals surface area contributed by atoms with Crippen molar-refractivity contribution in [2.75, 3.05) is 5.73 Å². The molecule has 0 aliphatic carbocycles. The van der Waals surface area contributed by atoms with Gasteiger partial charge in [0.15, 0.2) is 12.1 Å². The largest absolute Gasteiger partial charge is 0.395 e. The molecule has 1 aromatic rings. The molecular weight excluding hydrogens is 232 g/mol. The topological polar surface area (TPSA) is 43.1 Å². The maximum absolute atomic E-state index is 12.9. The first kappa shape index (κ1) is 9.12. The second-order valence-electron chi connectivity index (χ2n) is 2.10. The minimum atomic E-state index is -1.03. The van der Waals surface area contributed by atoms with Crippen LogP contribution in [0.15, 0.2) is 10.5 Å². The summed E-state index contributed by atoms with van der Waals surface area (Å²) in [6.07, 6.45) is 0.0907. The van der Waals surface area contributed by atoms with Crippen molar-refractivity contribution in [3.63, 3.8) is 0 Å². The number of carbonyl (C=O) groups is 1. The zero-order valence-electron chi connectivity index (χ0n) is 5.77. The van der Waals surface area contributed by atoms with Crippen LogP contribution < -0.4 is 5.73 Å². The fourth-order valence-corrected chi connectivity index (χ4v) is 1.10. The van der Waals surface area contributed by atoms with E-state index in [-0.39, 0.29) is 16.4 Å². The minimum Gasteiger partial charge on any atom is -0.395 e. The molecule has 12 heavy (non-hydrogen) atoms. The third-order valence-corrected chi connectivity index (χ3v) is 2.01. The number of anilines is 1. The molecule has 0 aliphatic heterocycles. The van der Waals surface area contributed by atoms with Crippen LogP contribution in [0.5, 0.6) is 0 Å². The zero-order valence-corrected chi connectivity index (χ0v) is 7.36. The molecule has 5 heteroatoms. The molecular formula is C7H4BrF2NO. The molecule has 2 nitrogen and oxygen atoms in total. The SMILES string of the molecule is Nc1c(Br)cc(F)c(C=O)c1F. The van der Waals surface area contributed by atoms with E-state index in [1.807, 2.05) is 0 Å². The summed E-state index contributed by atoms with van der Waals surface area (Å²) in [7, 11) is 0. The van der Waals surface area contributed by atoms with Crippen LogP contribution in [-0.2, 0) is 0 Å². The fraction of sp³-hybridized carbons (Fsp3) is 0. The Kier molecular flexibility index (Phi) is 2.42. The molecule has 0 radical (unpaired) electrons. The molecule has 0 spiro atoms. The number of carbonyl (C=O) groups excluding carboxylic acids is 1.